The first-order chi connectivity index (χ1) is 16.3. The molecule has 2 aromatic heterocycles. The van der Waals surface area contributed by atoms with E-state index in [0.29, 0.717) is 12.1 Å². The van der Waals surface area contributed by atoms with Crippen LogP contribution in [0.1, 0.15) is 34.9 Å². The summed E-state index contributed by atoms with van der Waals surface area (Å²) < 4.78 is 16.8. The van der Waals surface area contributed by atoms with E-state index in [9.17, 15) is 24.8 Å². The number of nitrogens with one attached hydrogen (secondary N) is 1. The van der Waals surface area contributed by atoms with Crippen molar-refractivity contribution in [1.82, 2.24) is 14.5 Å². The maximum absolute atomic E-state index is 13.6. The smallest absolute Gasteiger partial charge is 0.306 e. The second kappa shape index (κ2) is 9.25. The molecule has 12 heteroatoms. The predicted molar refractivity (Wildman–Crippen MR) is 117 cm³/mol. The van der Waals surface area contributed by atoms with Gasteiger partial charge in [-0.15, -0.1) is 0 Å². The number of H-pyrrole nitrogens is 1. The molecule has 0 amide bonds. The highest BCUT2D eigenvalue weighted by Crippen LogP contribution is 2.44. The lowest BCUT2D eigenvalue weighted by atomic mass is 9.87. The van der Waals surface area contributed by atoms with Crippen LogP contribution in [0.3, 0.4) is 0 Å². The van der Waals surface area contributed by atoms with E-state index < -0.39 is 28.8 Å². The van der Waals surface area contributed by atoms with Gasteiger partial charge in [-0.05, 0) is 19.1 Å². The van der Waals surface area contributed by atoms with Gasteiger partial charge in [0, 0.05) is 42.0 Å². The largest absolute Gasteiger partial charge is 0.507 e. The van der Waals surface area contributed by atoms with Crippen LogP contribution in [0.4, 0.5) is 5.69 Å². The van der Waals surface area contributed by atoms with Crippen molar-refractivity contribution in [2.45, 2.75) is 32.2 Å². The number of aryl methyl sites for hydroxylation is 2. The molecular formula is C22H22N4O8. The first-order valence-electron chi connectivity index (χ1n) is 10.4. The van der Waals surface area contributed by atoms with Crippen molar-refractivity contribution in [3.63, 3.8) is 0 Å². The molecule has 1 aromatic carbocycles. The van der Waals surface area contributed by atoms with Gasteiger partial charge in [0.2, 0.25) is 6.79 Å². The maximum atomic E-state index is 13.6. The summed E-state index contributed by atoms with van der Waals surface area (Å²) in [5.41, 5.74) is 0.222. The molecule has 0 saturated carbocycles. The Bertz CT molecular complexity index is 1300. The monoisotopic (exact) mass is 470 g/mol. The number of nitro groups is 1. The Labute approximate surface area is 192 Å². The molecular weight excluding hydrogens is 448 g/mol. The average Bonchev–Trinajstić information content (AvgIpc) is 3.48. The number of fused-ring (bicyclic) bond motifs is 1. The van der Waals surface area contributed by atoms with Crippen molar-refractivity contribution < 1.29 is 29.0 Å². The van der Waals surface area contributed by atoms with E-state index in [1.54, 1.807) is 13.1 Å². The number of ether oxygens (including phenoxy) is 3. The summed E-state index contributed by atoms with van der Waals surface area (Å²) >= 11 is 0. The molecule has 0 fully saturated rings. The quantitative estimate of drug-likeness (QED) is 0.286. The van der Waals surface area contributed by atoms with E-state index in [-0.39, 0.29) is 47.4 Å². The van der Waals surface area contributed by atoms with Crippen LogP contribution in [0.2, 0.25) is 0 Å². The molecule has 12 nitrogen and oxygen atoms in total. The molecule has 0 spiro atoms. The Balaban J connectivity index is 1.87. The number of aromatic hydroxyl groups is 1. The minimum atomic E-state index is -1.17. The van der Waals surface area contributed by atoms with Gasteiger partial charge in [0.1, 0.15) is 5.75 Å². The third kappa shape index (κ3) is 4.29. The van der Waals surface area contributed by atoms with Crippen LogP contribution in [-0.2, 0) is 22.5 Å². The van der Waals surface area contributed by atoms with E-state index in [4.69, 9.17) is 14.2 Å². The highest BCUT2D eigenvalue weighted by molar-refractivity contribution is 5.73. The van der Waals surface area contributed by atoms with Gasteiger partial charge in [0.15, 0.2) is 11.5 Å². The number of carbonyl (C=O) groups is 1. The van der Waals surface area contributed by atoms with Gasteiger partial charge in [-0.1, -0.05) is 0 Å². The molecule has 0 aliphatic carbocycles. The van der Waals surface area contributed by atoms with Crippen LogP contribution in [0.5, 0.6) is 17.2 Å². The predicted octanol–water partition coefficient (Wildman–Crippen LogP) is 2.16. The summed E-state index contributed by atoms with van der Waals surface area (Å²) in [6.45, 7) is 1.80. The first-order valence-corrected chi connectivity index (χ1v) is 10.4. The van der Waals surface area contributed by atoms with Gasteiger partial charge in [0.25, 0.3) is 11.2 Å². The molecule has 4 rings (SSSR count). The number of carbonyl (C=O) groups excluding carboxylic acids is 1. The van der Waals surface area contributed by atoms with E-state index in [1.165, 1.54) is 36.2 Å². The number of pyridine rings is 1. The molecule has 178 valence electrons. The Morgan fingerprint density at radius 2 is 2.09 bits per heavy atom. The number of methoxy groups -OCH3 is 1. The van der Waals surface area contributed by atoms with Crippen LogP contribution in [0.15, 0.2) is 35.5 Å². The lowest BCUT2D eigenvalue weighted by Crippen LogP contribution is -2.29. The lowest BCUT2D eigenvalue weighted by molar-refractivity contribution is -0.385. The van der Waals surface area contributed by atoms with Crippen molar-refractivity contribution >= 4 is 11.7 Å². The number of nitrogens with zero attached hydrogens (tertiary/aromatic N) is 3. The van der Waals surface area contributed by atoms with E-state index >= 15 is 0 Å². The normalized spacial score (nSPS) is 13.0. The summed E-state index contributed by atoms with van der Waals surface area (Å²) in [5.74, 6) is -1.84. The summed E-state index contributed by atoms with van der Waals surface area (Å²) in [5, 5.41) is 22.7. The Hall–Kier alpha value is -4.35. The fourth-order valence-electron chi connectivity index (χ4n) is 4.03. The van der Waals surface area contributed by atoms with Gasteiger partial charge < -0.3 is 28.9 Å². The molecule has 0 saturated heterocycles. The number of aromatic amines is 1. The van der Waals surface area contributed by atoms with Gasteiger partial charge in [-0.3, -0.25) is 19.7 Å². The molecule has 0 bridgehead atoms. The van der Waals surface area contributed by atoms with Crippen molar-refractivity contribution in [1.29, 1.82) is 0 Å². The van der Waals surface area contributed by atoms with E-state index in [2.05, 4.69) is 9.97 Å². The SMILES string of the molecule is COC(=O)C[C@H](c1cc2c(cc1[N+](=O)[O-])OCO2)c1c(O)cc(C)n(CCc2cnc[nH]2)c1=O. The van der Waals surface area contributed by atoms with Crippen LogP contribution >= 0.6 is 0 Å². The number of hydrogen-bond acceptors (Lipinski definition) is 9. The minimum absolute atomic E-state index is 0.0241. The number of imidazole rings is 1. The van der Waals surface area contributed by atoms with Crippen molar-refractivity contribution in [2.24, 2.45) is 0 Å². The fourth-order valence-corrected chi connectivity index (χ4v) is 4.03. The fraction of sp³-hybridized carbons (Fsp3) is 0.318. The van der Waals surface area contributed by atoms with E-state index in [0.717, 1.165) is 5.69 Å². The number of hydrogen-bond donors (Lipinski definition) is 2. The number of benzene rings is 1. The van der Waals surface area contributed by atoms with Crippen LogP contribution in [0, 0.1) is 17.0 Å². The maximum Gasteiger partial charge on any atom is 0.306 e. The molecule has 1 aliphatic heterocycles. The first kappa shape index (κ1) is 22.8. The second-order valence-corrected chi connectivity index (χ2v) is 7.72. The standard InChI is InChI=1S/C22H22N4O8/c1-12-5-17(27)21(22(29)25(12)4-3-13-9-23-10-24-13)15(7-20(28)32-2)14-6-18-19(34-11-33-18)8-16(14)26(30)31/h5-6,8-10,15,27H,3-4,7,11H2,1-2H3,(H,23,24)/t15-/m1/s1. The average molecular weight is 470 g/mol. The van der Waals surface area contributed by atoms with E-state index in [1.807, 2.05) is 0 Å². The summed E-state index contributed by atoms with van der Waals surface area (Å²) in [6.07, 6.45) is 3.20. The number of rotatable bonds is 8. The summed E-state index contributed by atoms with van der Waals surface area (Å²) in [6, 6.07) is 3.94. The molecule has 3 aromatic rings. The van der Waals surface area contributed by atoms with Crippen molar-refractivity contribution in [3.05, 3.63) is 73.7 Å². The van der Waals surface area contributed by atoms with Crippen molar-refractivity contribution in [3.8, 4) is 17.2 Å². The van der Waals surface area contributed by atoms with Gasteiger partial charge >= 0.3 is 5.97 Å². The molecule has 1 aliphatic rings. The molecule has 34 heavy (non-hydrogen) atoms. The van der Waals surface area contributed by atoms with Gasteiger partial charge in [-0.25, -0.2) is 4.98 Å². The lowest BCUT2D eigenvalue weighted by Gasteiger charge is -2.20. The highest BCUT2D eigenvalue weighted by atomic mass is 16.7. The molecule has 0 radical (unpaired) electrons. The third-order valence-electron chi connectivity index (χ3n) is 5.72. The zero-order chi connectivity index (χ0) is 24.4. The zero-order valence-electron chi connectivity index (χ0n) is 18.4. The van der Waals surface area contributed by atoms with Crippen LogP contribution < -0.4 is 15.0 Å². The zero-order valence-corrected chi connectivity index (χ0v) is 18.4. The molecule has 0 unspecified atom stereocenters. The van der Waals surface area contributed by atoms with Crippen LogP contribution in [-0.4, -0.2) is 44.4 Å². The van der Waals surface area contributed by atoms with Crippen molar-refractivity contribution in [2.75, 3.05) is 13.9 Å². The second-order valence-electron chi connectivity index (χ2n) is 7.72. The molecule has 1 atom stereocenters. The number of nitro benzene ring substituents is 1. The Morgan fingerprint density at radius 3 is 2.74 bits per heavy atom. The Morgan fingerprint density at radius 1 is 1.35 bits per heavy atom. The van der Waals surface area contributed by atoms with Gasteiger partial charge in [0.05, 0.1) is 36.4 Å². The topological polar surface area (TPSA) is 159 Å². The molecule has 3 heterocycles. The number of esters is 1. The highest BCUT2D eigenvalue weighted by Gasteiger charge is 2.34. The third-order valence-corrected chi connectivity index (χ3v) is 5.72. The summed E-state index contributed by atoms with van der Waals surface area (Å²) in [4.78, 5) is 44.0. The van der Waals surface area contributed by atoms with Gasteiger partial charge in [-0.2, -0.15) is 0 Å². The Kier molecular flexibility index (Phi) is 6.21. The number of aromatic nitrogens is 3. The molecule has 2 N–H and O–H groups in total. The van der Waals surface area contributed by atoms with Crippen LogP contribution in [0.25, 0.3) is 0 Å². The summed E-state index contributed by atoms with van der Waals surface area (Å²) in [7, 11) is 1.17. The minimum Gasteiger partial charge on any atom is -0.507 e.